The van der Waals surface area contributed by atoms with E-state index in [0.29, 0.717) is 12.1 Å². The summed E-state index contributed by atoms with van der Waals surface area (Å²) in [5, 5.41) is 2.96. The van der Waals surface area contributed by atoms with Gasteiger partial charge in [-0.25, -0.2) is 8.78 Å². The van der Waals surface area contributed by atoms with Crippen molar-refractivity contribution in [1.29, 1.82) is 0 Å². The van der Waals surface area contributed by atoms with Gasteiger partial charge in [-0.3, -0.25) is 0 Å². The first-order chi connectivity index (χ1) is 7.60. The molecule has 0 saturated carbocycles. The van der Waals surface area contributed by atoms with Crippen LogP contribution in [-0.4, -0.2) is 6.54 Å². The van der Waals surface area contributed by atoms with E-state index in [4.69, 9.17) is 11.6 Å². The Morgan fingerprint density at radius 3 is 2.50 bits per heavy atom. The maximum atomic E-state index is 13.6. The molecule has 1 aromatic carbocycles. The van der Waals surface area contributed by atoms with Gasteiger partial charge in [0.2, 0.25) is 0 Å². The summed E-state index contributed by atoms with van der Waals surface area (Å²) in [7, 11) is 0. The molecule has 0 aliphatic rings. The molecule has 0 bridgehead atoms. The summed E-state index contributed by atoms with van der Waals surface area (Å²) in [5.74, 6) is -1.03. The predicted octanol–water partition coefficient (Wildman–Crippen LogP) is 4.07. The van der Waals surface area contributed by atoms with Gasteiger partial charge in [0.25, 0.3) is 0 Å². The van der Waals surface area contributed by atoms with Crippen LogP contribution in [0.4, 0.5) is 8.78 Å². The molecular weight excluding hydrogens is 232 g/mol. The van der Waals surface area contributed by atoms with Gasteiger partial charge in [0.1, 0.15) is 11.6 Å². The lowest BCUT2D eigenvalue weighted by Crippen LogP contribution is -2.22. The number of benzene rings is 1. The summed E-state index contributed by atoms with van der Waals surface area (Å²) in [5.41, 5.74) is 0.352. The molecule has 1 atom stereocenters. The van der Waals surface area contributed by atoms with Crippen molar-refractivity contribution in [3.8, 4) is 0 Å². The average Bonchev–Trinajstić information content (AvgIpc) is 2.23. The molecular formula is C12H16ClF2N. The van der Waals surface area contributed by atoms with E-state index >= 15 is 0 Å². The molecule has 0 heterocycles. The van der Waals surface area contributed by atoms with Crippen LogP contribution >= 0.6 is 11.6 Å². The van der Waals surface area contributed by atoms with Crippen LogP contribution < -0.4 is 5.32 Å². The summed E-state index contributed by atoms with van der Waals surface area (Å²) in [6.45, 7) is 4.66. The first-order valence-corrected chi connectivity index (χ1v) is 5.85. The van der Waals surface area contributed by atoms with Crippen molar-refractivity contribution in [2.45, 2.75) is 32.7 Å². The van der Waals surface area contributed by atoms with Gasteiger partial charge in [-0.15, -0.1) is 0 Å². The molecule has 90 valence electrons. The van der Waals surface area contributed by atoms with E-state index in [1.165, 1.54) is 6.07 Å². The van der Waals surface area contributed by atoms with Crippen molar-refractivity contribution in [3.05, 3.63) is 34.4 Å². The second-order valence-corrected chi connectivity index (χ2v) is 4.09. The van der Waals surface area contributed by atoms with Crippen molar-refractivity contribution in [2.75, 3.05) is 6.54 Å². The fourth-order valence-corrected chi connectivity index (χ4v) is 1.86. The lowest BCUT2D eigenvalue weighted by molar-refractivity contribution is 0.475. The van der Waals surface area contributed by atoms with Gasteiger partial charge in [0, 0.05) is 11.6 Å². The van der Waals surface area contributed by atoms with Gasteiger partial charge >= 0.3 is 0 Å². The minimum Gasteiger partial charge on any atom is -0.310 e. The third-order valence-electron chi connectivity index (χ3n) is 2.44. The third-order valence-corrected chi connectivity index (χ3v) is 2.73. The Morgan fingerprint density at radius 2 is 1.94 bits per heavy atom. The maximum Gasteiger partial charge on any atom is 0.142 e. The van der Waals surface area contributed by atoms with E-state index in [0.717, 1.165) is 18.9 Å². The third kappa shape index (κ3) is 3.16. The molecule has 0 spiro atoms. The largest absolute Gasteiger partial charge is 0.310 e. The first-order valence-electron chi connectivity index (χ1n) is 5.48. The molecule has 0 amide bonds. The standard InChI is InChI=1S/C12H16ClF2N/c1-3-5-12(16-4-2)8-6-11(15)9(13)7-10(8)14/h6-7,12,16H,3-5H2,1-2H3. The van der Waals surface area contributed by atoms with Crippen LogP contribution in [0.3, 0.4) is 0 Å². The van der Waals surface area contributed by atoms with Gasteiger partial charge in [0.15, 0.2) is 0 Å². The normalized spacial score (nSPS) is 12.8. The van der Waals surface area contributed by atoms with Crippen LogP contribution in [0.25, 0.3) is 0 Å². The molecule has 16 heavy (non-hydrogen) atoms. The van der Waals surface area contributed by atoms with Gasteiger partial charge < -0.3 is 5.32 Å². The summed E-state index contributed by atoms with van der Waals surface area (Å²) in [4.78, 5) is 0. The Morgan fingerprint density at radius 1 is 1.25 bits per heavy atom. The van der Waals surface area contributed by atoms with E-state index in [1.807, 2.05) is 13.8 Å². The lowest BCUT2D eigenvalue weighted by Gasteiger charge is -2.18. The van der Waals surface area contributed by atoms with Crippen LogP contribution in [0.15, 0.2) is 12.1 Å². The summed E-state index contributed by atoms with van der Waals surface area (Å²) in [6.07, 6.45) is 1.67. The van der Waals surface area contributed by atoms with E-state index in [1.54, 1.807) is 0 Å². The molecule has 0 saturated heterocycles. The zero-order valence-electron chi connectivity index (χ0n) is 9.49. The lowest BCUT2D eigenvalue weighted by atomic mass is 10.0. The second kappa shape index (κ2) is 6.16. The van der Waals surface area contributed by atoms with E-state index in [-0.39, 0.29) is 11.1 Å². The number of hydrogen-bond donors (Lipinski definition) is 1. The fourth-order valence-electron chi connectivity index (χ4n) is 1.71. The zero-order chi connectivity index (χ0) is 12.1. The molecule has 0 aliphatic carbocycles. The molecule has 1 unspecified atom stereocenters. The van der Waals surface area contributed by atoms with Gasteiger partial charge in [0.05, 0.1) is 5.02 Å². The highest BCUT2D eigenvalue weighted by atomic mass is 35.5. The van der Waals surface area contributed by atoms with Crippen molar-refractivity contribution >= 4 is 11.6 Å². The minimum absolute atomic E-state index is 0.151. The van der Waals surface area contributed by atoms with Crippen molar-refractivity contribution in [2.24, 2.45) is 0 Å². The molecule has 0 radical (unpaired) electrons. The summed E-state index contributed by atoms with van der Waals surface area (Å²) >= 11 is 5.51. The van der Waals surface area contributed by atoms with Gasteiger partial charge in [-0.1, -0.05) is 31.9 Å². The Balaban J connectivity index is 3.03. The second-order valence-electron chi connectivity index (χ2n) is 3.69. The van der Waals surface area contributed by atoms with Crippen LogP contribution in [0.1, 0.15) is 38.3 Å². The van der Waals surface area contributed by atoms with E-state index < -0.39 is 11.6 Å². The highest BCUT2D eigenvalue weighted by Gasteiger charge is 2.16. The van der Waals surface area contributed by atoms with Crippen LogP contribution in [-0.2, 0) is 0 Å². The molecule has 4 heteroatoms. The van der Waals surface area contributed by atoms with Crippen molar-refractivity contribution in [3.63, 3.8) is 0 Å². The number of rotatable bonds is 5. The summed E-state index contributed by atoms with van der Waals surface area (Å²) < 4.78 is 26.9. The average molecular weight is 248 g/mol. The molecule has 1 nitrogen and oxygen atoms in total. The topological polar surface area (TPSA) is 12.0 Å². The SMILES string of the molecule is CCCC(NCC)c1cc(F)c(Cl)cc1F. The van der Waals surface area contributed by atoms with Crippen LogP contribution in [0.5, 0.6) is 0 Å². The number of hydrogen-bond acceptors (Lipinski definition) is 1. The van der Waals surface area contributed by atoms with Gasteiger partial charge in [-0.2, -0.15) is 0 Å². The van der Waals surface area contributed by atoms with Crippen molar-refractivity contribution in [1.82, 2.24) is 5.32 Å². The predicted molar refractivity (Wildman–Crippen MR) is 62.7 cm³/mol. The molecule has 0 aliphatic heterocycles. The van der Waals surface area contributed by atoms with Gasteiger partial charge in [-0.05, 0) is 25.1 Å². The molecule has 1 rings (SSSR count). The molecule has 1 aromatic rings. The Hall–Kier alpha value is -0.670. The highest BCUT2D eigenvalue weighted by molar-refractivity contribution is 6.30. The Kier molecular flexibility index (Phi) is 5.16. The van der Waals surface area contributed by atoms with Crippen LogP contribution in [0.2, 0.25) is 5.02 Å². The fraction of sp³-hybridized carbons (Fsp3) is 0.500. The Bertz CT molecular complexity index is 349. The zero-order valence-corrected chi connectivity index (χ0v) is 10.2. The van der Waals surface area contributed by atoms with Crippen LogP contribution in [0, 0.1) is 11.6 Å². The molecule has 0 fully saturated rings. The maximum absolute atomic E-state index is 13.6. The van der Waals surface area contributed by atoms with E-state index in [9.17, 15) is 8.78 Å². The quantitative estimate of drug-likeness (QED) is 0.774. The number of halogens is 3. The first kappa shape index (κ1) is 13.4. The monoisotopic (exact) mass is 247 g/mol. The summed E-state index contributed by atoms with van der Waals surface area (Å²) in [6, 6.07) is 2.06. The van der Waals surface area contributed by atoms with Crippen molar-refractivity contribution < 1.29 is 8.78 Å². The smallest absolute Gasteiger partial charge is 0.142 e. The molecule has 0 aromatic heterocycles. The highest BCUT2D eigenvalue weighted by Crippen LogP contribution is 2.26. The Labute approximate surface area is 99.8 Å². The number of nitrogens with one attached hydrogen (secondary N) is 1. The minimum atomic E-state index is -0.572. The van der Waals surface area contributed by atoms with E-state index in [2.05, 4.69) is 5.32 Å². The molecule has 1 N–H and O–H groups in total.